The van der Waals surface area contributed by atoms with Crippen molar-refractivity contribution in [3.63, 3.8) is 0 Å². The third-order valence-corrected chi connectivity index (χ3v) is 3.85. The Balaban J connectivity index is 1.98. The summed E-state index contributed by atoms with van der Waals surface area (Å²) in [4.78, 5) is 13.7. The number of nitrogens with one attached hydrogen (secondary N) is 2. The van der Waals surface area contributed by atoms with Crippen molar-refractivity contribution in [2.45, 2.75) is 26.3 Å². The molecule has 0 spiro atoms. The average Bonchev–Trinajstić information content (AvgIpc) is 2.99. The van der Waals surface area contributed by atoms with E-state index in [1.807, 2.05) is 0 Å². The summed E-state index contributed by atoms with van der Waals surface area (Å²) in [6.45, 7) is 2.73. The highest BCUT2D eigenvalue weighted by molar-refractivity contribution is 7.80. The molecular weight excluding hydrogens is 387 g/mol. The van der Waals surface area contributed by atoms with Gasteiger partial charge in [-0.2, -0.15) is 4.80 Å². The molecule has 8 nitrogen and oxygen atoms in total. The second-order valence-electron chi connectivity index (χ2n) is 4.94. The third kappa shape index (κ3) is 5.25. The molecule has 2 rings (SSSR count). The number of aromatic nitrogens is 4. The van der Waals surface area contributed by atoms with Crippen molar-refractivity contribution in [2.24, 2.45) is 0 Å². The number of nitrogens with zero attached hydrogens (tertiary/aromatic N) is 4. The number of amides is 1. The van der Waals surface area contributed by atoms with Crippen molar-refractivity contribution in [3.8, 4) is 5.75 Å². The standard InChI is InChI=1S/C14H16Cl2N6O2S/c1-3-4-5-22-20-13(19-21-22)18-14(25)17-12(23)8-6-9(15)11(24-2)10(16)7-8/h6-7H,3-5H2,1-2H3,(H2,17,18,20,23,25). The molecule has 0 aliphatic rings. The predicted octanol–water partition coefficient (Wildman–Crippen LogP) is 2.92. The van der Waals surface area contributed by atoms with Gasteiger partial charge in [0, 0.05) is 5.56 Å². The highest BCUT2D eigenvalue weighted by atomic mass is 35.5. The zero-order valence-electron chi connectivity index (χ0n) is 13.5. The first-order valence-corrected chi connectivity index (χ1v) is 8.54. The molecule has 2 aromatic rings. The van der Waals surface area contributed by atoms with Crippen LogP contribution < -0.4 is 15.4 Å². The number of carbonyl (C=O) groups is 1. The normalized spacial score (nSPS) is 10.4. The lowest BCUT2D eigenvalue weighted by atomic mass is 10.2. The predicted molar refractivity (Wildman–Crippen MR) is 99.4 cm³/mol. The van der Waals surface area contributed by atoms with Gasteiger partial charge in [-0.05, 0) is 36.0 Å². The summed E-state index contributed by atoms with van der Waals surface area (Å²) in [5, 5.41) is 17.5. The van der Waals surface area contributed by atoms with Gasteiger partial charge >= 0.3 is 0 Å². The fraction of sp³-hybridized carbons (Fsp3) is 0.357. The summed E-state index contributed by atoms with van der Waals surface area (Å²) >= 11 is 17.1. The van der Waals surface area contributed by atoms with E-state index in [-0.39, 0.29) is 26.7 Å². The number of aryl methyl sites for hydroxylation is 1. The highest BCUT2D eigenvalue weighted by Gasteiger charge is 2.15. The van der Waals surface area contributed by atoms with Crippen LogP contribution in [0, 0.1) is 0 Å². The van der Waals surface area contributed by atoms with Gasteiger partial charge in [0.1, 0.15) is 0 Å². The molecule has 0 aliphatic heterocycles. The Morgan fingerprint density at radius 3 is 2.64 bits per heavy atom. The number of rotatable bonds is 6. The first-order valence-electron chi connectivity index (χ1n) is 7.37. The number of tetrazole rings is 1. The van der Waals surface area contributed by atoms with Gasteiger partial charge in [0.15, 0.2) is 10.9 Å². The molecule has 0 radical (unpaired) electrons. The second-order valence-corrected chi connectivity index (χ2v) is 6.17. The quantitative estimate of drug-likeness (QED) is 0.717. The van der Waals surface area contributed by atoms with E-state index in [9.17, 15) is 4.79 Å². The largest absolute Gasteiger partial charge is 0.494 e. The highest BCUT2D eigenvalue weighted by Crippen LogP contribution is 2.33. The molecule has 0 fully saturated rings. The van der Waals surface area contributed by atoms with Gasteiger partial charge in [-0.3, -0.25) is 15.4 Å². The minimum atomic E-state index is -0.484. The monoisotopic (exact) mass is 402 g/mol. The Bertz CT molecular complexity index is 759. The topological polar surface area (TPSA) is 94.0 Å². The van der Waals surface area contributed by atoms with Crippen LogP contribution in [0.15, 0.2) is 12.1 Å². The number of thiocarbonyl (C=S) groups is 1. The summed E-state index contributed by atoms with van der Waals surface area (Å²) in [6, 6.07) is 2.87. The molecule has 1 amide bonds. The fourth-order valence-electron chi connectivity index (χ4n) is 1.88. The number of unbranched alkanes of at least 4 members (excludes halogenated alkanes) is 1. The lowest BCUT2D eigenvalue weighted by molar-refractivity contribution is 0.0977. The first-order chi connectivity index (χ1) is 11.9. The van der Waals surface area contributed by atoms with Crippen LogP contribution in [0.5, 0.6) is 5.75 Å². The van der Waals surface area contributed by atoms with E-state index < -0.39 is 5.91 Å². The van der Waals surface area contributed by atoms with E-state index in [1.165, 1.54) is 24.0 Å². The molecule has 0 aliphatic carbocycles. The molecule has 0 bridgehead atoms. The maximum Gasteiger partial charge on any atom is 0.269 e. The number of benzene rings is 1. The zero-order chi connectivity index (χ0) is 18.4. The smallest absolute Gasteiger partial charge is 0.269 e. The van der Waals surface area contributed by atoms with Crippen LogP contribution in [0.3, 0.4) is 0 Å². The van der Waals surface area contributed by atoms with E-state index >= 15 is 0 Å². The van der Waals surface area contributed by atoms with Gasteiger partial charge in [-0.25, -0.2) is 0 Å². The minimum absolute atomic E-state index is 0.0307. The van der Waals surface area contributed by atoms with Gasteiger partial charge in [0.05, 0.1) is 23.7 Å². The van der Waals surface area contributed by atoms with Crippen LogP contribution in [0.2, 0.25) is 10.0 Å². The molecule has 11 heteroatoms. The third-order valence-electron chi connectivity index (χ3n) is 3.08. The minimum Gasteiger partial charge on any atom is -0.494 e. The molecule has 0 unspecified atom stereocenters. The molecule has 1 heterocycles. The van der Waals surface area contributed by atoms with Gasteiger partial charge in [-0.15, -0.1) is 5.10 Å². The van der Waals surface area contributed by atoms with E-state index in [4.69, 9.17) is 40.2 Å². The molecule has 1 aromatic heterocycles. The van der Waals surface area contributed by atoms with Gasteiger partial charge in [0.25, 0.3) is 11.9 Å². The molecule has 134 valence electrons. The number of hydrogen-bond donors (Lipinski definition) is 2. The number of halogens is 2. The summed E-state index contributed by atoms with van der Waals surface area (Å²) in [6.07, 6.45) is 1.96. The molecule has 0 saturated carbocycles. The summed E-state index contributed by atoms with van der Waals surface area (Å²) in [5.74, 6) is 0.0167. The van der Waals surface area contributed by atoms with Crippen LogP contribution >= 0.6 is 35.4 Å². The van der Waals surface area contributed by atoms with Crippen LogP contribution in [0.25, 0.3) is 0 Å². The number of carbonyl (C=O) groups excluding carboxylic acids is 1. The lowest BCUT2D eigenvalue weighted by Crippen LogP contribution is -2.34. The summed E-state index contributed by atoms with van der Waals surface area (Å²) in [7, 11) is 1.44. The first kappa shape index (κ1) is 19.4. The van der Waals surface area contributed by atoms with E-state index in [0.29, 0.717) is 12.3 Å². The van der Waals surface area contributed by atoms with Crippen LogP contribution in [-0.2, 0) is 6.54 Å². The maximum atomic E-state index is 12.2. The van der Waals surface area contributed by atoms with E-state index in [0.717, 1.165) is 12.8 Å². The lowest BCUT2D eigenvalue weighted by Gasteiger charge is -2.10. The Labute approximate surface area is 159 Å². The SMILES string of the molecule is CCCCn1nnc(NC(=S)NC(=O)c2cc(Cl)c(OC)c(Cl)c2)n1. The van der Waals surface area contributed by atoms with Gasteiger partial charge < -0.3 is 4.74 Å². The van der Waals surface area contributed by atoms with Crippen molar-refractivity contribution in [1.29, 1.82) is 0 Å². The molecule has 25 heavy (non-hydrogen) atoms. The number of anilines is 1. The molecule has 0 saturated heterocycles. The molecular formula is C14H16Cl2N6O2S. The zero-order valence-corrected chi connectivity index (χ0v) is 15.9. The fourth-order valence-corrected chi connectivity index (χ4v) is 2.71. The van der Waals surface area contributed by atoms with Crippen molar-refractivity contribution < 1.29 is 9.53 Å². The second kappa shape index (κ2) is 8.93. The van der Waals surface area contributed by atoms with Crippen LogP contribution in [0.4, 0.5) is 5.95 Å². The number of ether oxygens (including phenoxy) is 1. The van der Waals surface area contributed by atoms with Crippen LogP contribution in [-0.4, -0.2) is 38.3 Å². The molecule has 1 aromatic carbocycles. The summed E-state index contributed by atoms with van der Waals surface area (Å²) < 4.78 is 5.04. The maximum absolute atomic E-state index is 12.2. The van der Waals surface area contributed by atoms with Crippen molar-refractivity contribution >= 4 is 52.4 Å². The molecule has 0 atom stereocenters. The van der Waals surface area contributed by atoms with Crippen molar-refractivity contribution in [3.05, 3.63) is 27.7 Å². The summed E-state index contributed by atoms with van der Waals surface area (Å²) in [5.41, 5.74) is 0.236. The van der Waals surface area contributed by atoms with Crippen molar-refractivity contribution in [1.82, 2.24) is 25.5 Å². The molecule has 2 N–H and O–H groups in total. The van der Waals surface area contributed by atoms with Gasteiger partial charge in [-0.1, -0.05) is 41.6 Å². The Morgan fingerprint density at radius 2 is 2.04 bits per heavy atom. The Kier molecular flexibility index (Phi) is 6.91. The average molecular weight is 403 g/mol. The number of methoxy groups -OCH3 is 1. The van der Waals surface area contributed by atoms with Gasteiger partial charge in [0.2, 0.25) is 0 Å². The van der Waals surface area contributed by atoms with E-state index in [2.05, 4.69) is 33.0 Å². The van der Waals surface area contributed by atoms with Crippen LogP contribution in [0.1, 0.15) is 30.1 Å². The Morgan fingerprint density at radius 1 is 1.36 bits per heavy atom. The van der Waals surface area contributed by atoms with E-state index in [1.54, 1.807) is 0 Å². The van der Waals surface area contributed by atoms with Crippen molar-refractivity contribution in [2.75, 3.05) is 12.4 Å². The number of hydrogen-bond acceptors (Lipinski definition) is 6. The Hall–Kier alpha value is -1.97.